The largest absolute Gasteiger partial charge is 0.573 e. The average molecular weight is 351 g/mol. The zero-order chi connectivity index (χ0) is 18.0. The molecule has 2 N–H and O–H groups in total. The minimum Gasteiger partial charge on any atom is -0.406 e. The molecule has 0 amide bonds. The molecular weight excluding hydrogens is 340 g/mol. The predicted molar refractivity (Wildman–Crippen MR) is 73.1 cm³/mol. The summed E-state index contributed by atoms with van der Waals surface area (Å²) in [5.41, 5.74) is 6.19. The molecule has 2 aromatic rings. The van der Waals surface area contributed by atoms with E-state index in [1.165, 1.54) is 18.2 Å². The maximum Gasteiger partial charge on any atom is 0.573 e. The van der Waals surface area contributed by atoms with Gasteiger partial charge in [-0.3, -0.25) is 0 Å². The number of benzene rings is 2. The van der Waals surface area contributed by atoms with E-state index in [0.29, 0.717) is 5.56 Å². The lowest BCUT2D eigenvalue weighted by molar-refractivity contribution is -0.275. The van der Waals surface area contributed by atoms with Gasteiger partial charge in [-0.15, -0.1) is 26.3 Å². The van der Waals surface area contributed by atoms with E-state index >= 15 is 0 Å². The van der Waals surface area contributed by atoms with Crippen LogP contribution in [0.2, 0.25) is 0 Å². The summed E-state index contributed by atoms with van der Waals surface area (Å²) in [6.45, 7) is -0.0687. The number of hydrogen-bond donors (Lipinski definition) is 1. The summed E-state index contributed by atoms with van der Waals surface area (Å²) in [4.78, 5) is 0. The van der Waals surface area contributed by atoms with Gasteiger partial charge in [0.25, 0.3) is 0 Å². The summed E-state index contributed by atoms with van der Waals surface area (Å²) in [5, 5.41) is 0. The third kappa shape index (κ3) is 5.34. The Bertz CT molecular complexity index is 712. The summed E-state index contributed by atoms with van der Waals surface area (Å²) in [7, 11) is 0. The van der Waals surface area contributed by atoms with Crippen molar-refractivity contribution in [1.82, 2.24) is 0 Å². The monoisotopic (exact) mass is 351 g/mol. The molecule has 0 aliphatic carbocycles. The fraction of sp³-hybridized carbons (Fsp3) is 0.200. The summed E-state index contributed by atoms with van der Waals surface area (Å²) >= 11 is 0. The molecule has 3 nitrogen and oxygen atoms in total. The lowest BCUT2D eigenvalue weighted by Crippen LogP contribution is -2.17. The van der Waals surface area contributed by atoms with Crippen molar-refractivity contribution in [3.63, 3.8) is 0 Å². The predicted octanol–water partition coefficient (Wildman–Crippen LogP) is 4.61. The highest BCUT2D eigenvalue weighted by Crippen LogP contribution is 2.32. The molecule has 0 aliphatic rings. The van der Waals surface area contributed by atoms with Gasteiger partial charge in [-0.1, -0.05) is 12.1 Å². The summed E-state index contributed by atoms with van der Waals surface area (Å²) in [5.74, 6) is -1.00. The lowest BCUT2D eigenvalue weighted by atomic mass is 10.0. The third-order valence-electron chi connectivity index (χ3n) is 2.84. The average Bonchev–Trinajstić information content (AvgIpc) is 2.43. The molecule has 0 unspecified atom stereocenters. The van der Waals surface area contributed by atoms with Crippen LogP contribution in [0.5, 0.6) is 11.5 Å². The van der Waals surface area contributed by atoms with Crippen molar-refractivity contribution < 1.29 is 35.8 Å². The highest BCUT2D eigenvalue weighted by Gasteiger charge is 2.32. The van der Waals surface area contributed by atoms with Gasteiger partial charge in [0.2, 0.25) is 0 Å². The van der Waals surface area contributed by atoms with E-state index in [9.17, 15) is 26.3 Å². The van der Waals surface area contributed by atoms with Crippen molar-refractivity contribution in [3.05, 3.63) is 48.0 Å². The zero-order valence-electron chi connectivity index (χ0n) is 11.9. The van der Waals surface area contributed by atoms with Crippen LogP contribution >= 0.6 is 0 Å². The first-order valence-corrected chi connectivity index (χ1v) is 6.52. The van der Waals surface area contributed by atoms with Crippen LogP contribution in [-0.2, 0) is 6.54 Å². The standard InChI is InChI=1S/C15H11F6NO2/c16-14(17,18)23-12-3-1-2-10(6-12)11-4-9(8-22)5-13(7-11)24-15(19,20)21/h1-7H,8,22H2. The smallest absolute Gasteiger partial charge is 0.406 e. The van der Waals surface area contributed by atoms with Crippen LogP contribution in [0.15, 0.2) is 42.5 Å². The molecule has 0 aliphatic heterocycles. The first-order chi connectivity index (χ1) is 11.1. The van der Waals surface area contributed by atoms with Crippen molar-refractivity contribution in [1.29, 1.82) is 0 Å². The minimum absolute atomic E-state index is 0.0687. The molecule has 130 valence electrons. The Morgan fingerprint density at radius 2 is 1.33 bits per heavy atom. The molecular formula is C15H11F6NO2. The van der Waals surface area contributed by atoms with E-state index < -0.39 is 24.2 Å². The molecule has 0 bridgehead atoms. The molecule has 0 saturated heterocycles. The normalized spacial score (nSPS) is 12.1. The van der Waals surface area contributed by atoms with Gasteiger partial charge >= 0.3 is 12.7 Å². The summed E-state index contributed by atoms with van der Waals surface area (Å²) < 4.78 is 81.5. The van der Waals surface area contributed by atoms with Crippen LogP contribution in [0.3, 0.4) is 0 Å². The van der Waals surface area contributed by atoms with Gasteiger partial charge in [-0.2, -0.15) is 0 Å². The van der Waals surface area contributed by atoms with E-state index in [0.717, 1.165) is 24.3 Å². The Morgan fingerprint density at radius 3 is 1.92 bits per heavy atom. The van der Waals surface area contributed by atoms with E-state index in [1.54, 1.807) is 0 Å². The van der Waals surface area contributed by atoms with Gasteiger partial charge in [-0.25, -0.2) is 0 Å². The Hall–Kier alpha value is -2.42. The molecule has 24 heavy (non-hydrogen) atoms. The molecule has 2 rings (SSSR count). The van der Waals surface area contributed by atoms with Gasteiger partial charge in [0.1, 0.15) is 11.5 Å². The fourth-order valence-electron chi connectivity index (χ4n) is 2.01. The van der Waals surface area contributed by atoms with Crippen LogP contribution < -0.4 is 15.2 Å². The number of halogens is 6. The van der Waals surface area contributed by atoms with Crippen molar-refractivity contribution in [2.24, 2.45) is 5.73 Å². The van der Waals surface area contributed by atoms with Gasteiger partial charge in [0.05, 0.1) is 0 Å². The molecule has 0 radical (unpaired) electrons. The molecule has 0 aromatic heterocycles. The number of ether oxygens (including phenoxy) is 2. The van der Waals surface area contributed by atoms with Gasteiger partial charge in [0.15, 0.2) is 0 Å². The molecule has 0 spiro atoms. The van der Waals surface area contributed by atoms with Crippen molar-refractivity contribution in [3.8, 4) is 22.6 Å². The Morgan fingerprint density at radius 1 is 0.750 bits per heavy atom. The number of hydrogen-bond acceptors (Lipinski definition) is 3. The van der Waals surface area contributed by atoms with Crippen molar-refractivity contribution in [2.45, 2.75) is 19.3 Å². The molecule has 2 aromatic carbocycles. The first-order valence-electron chi connectivity index (χ1n) is 6.52. The summed E-state index contributed by atoms with van der Waals surface area (Å²) in [6.07, 6.45) is -9.77. The van der Waals surface area contributed by atoms with E-state index in [2.05, 4.69) is 9.47 Å². The summed E-state index contributed by atoms with van der Waals surface area (Å²) in [6, 6.07) is 8.46. The third-order valence-corrected chi connectivity index (χ3v) is 2.84. The Kier molecular flexibility index (Phi) is 4.93. The van der Waals surface area contributed by atoms with Crippen molar-refractivity contribution >= 4 is 0 Å². The van der Waals surface area contributed by atoms with Gasteiger partial charge < -0.3 is 15.2 Å². The number of alkyl halides is 6. The highest BCUT2D eigenvalue weighted by molar-refractivity contribution is 5.67. The van der Waals surface area contributed by atoms with Crippen LogP contribution in [0.25, 0.3) is 11.1 Å². The lowest BCUT2D eigenvalue weighted by Gasteiger charge is -2.13. The van der Waals surface area contributed by atoms with Crippen LogP contribution in [0, 0.1) is 0 Å². The quantitative estimate of drug-likeness (QED) is 0.818. The second-order valence-corrected chi connectivity index (χ2v) is 4.69. The molecule has 0 atom stereocenters. The van der Waals surface area contributed by atoms with Crippen LogP contribution in [0.1, 0.15) is 5.56 Å². The SMILES string of the molecule is NCc1cc(OC(F)(F)F)cc(-c2cccc(OC(F)(F)F)c2)c1. The van der Waals surface area contributed by atoms with Crippen LogP contribution in [0.4, 0.5) is 26.3 Å². The Labute approximate surface area is 132 Å². The van der Waals surface area contributed by atoms with Crippen LogP contribution in [-0.4, -0.2) is 12.7 Å². The van der Waals surface area contributed by atoms with Crippen molar-refractivity contribution in [2.75, 3.05) is 0 Å². The fourth-order valence-corrected chi connectivity index (χ4v) is 2.01. The second kappa shape index (κ2) is 6.60. The van der Waals surface area contributed by atoms with Gasteiger partial charge in [-0.05, 0) is 47.0 Å². The second-order valence-electron chi connectivity index (χ2n) is 4.69. The van der Waals surface area contributed by atoms with Gasteiger partial charge in [0, 0.05) is 6.54 Å². The molecule has 0 fully saturated rings. The number of rotatable bonds is 4. The number of nitrogens with two attached hydrogens (primary N) is 1. The molecule has 9 heteroatoms. The van der Waals surface area contributed by atoms with E-state index in [4.69, 9.17) is 5.73 Å². The maximum atomic E-state index is 12.4. The Balaban J connectivity index is 2.40. The topological polar surface area (TPSA) is 44.5 Å². The maximum absolute atomic E-state index is 12.4. The molecule has 0 saturated carbocycles. The zero-order valence-corrected chi connectivity index (χ0v) is 11.9. The first kappa shape index (κ1) is 17.9. The van der Waals surface area contributed by atoms with E-state index in [1.807, 2.05) is 0 Å². The minimum atomic E-state index is -4.90. The molecule has 0 heterocycles. The highest BCUT2D eigenvalue weighted by atomic mass is 19.4. The van der Waals surface area contributed by atoms with E-state index in [-0.39, 0.29) is 17.7 Å².